The van der Waals surface area contributed by atoms with Crippen LogP contribution in [0.4, 0.5) is 5.82 Å². The van der Waals surface area contributed by atoms with Crippen molar-refractivity contribution in [1.29, 1.82) is 0 Å². The normalized spacial score (nSPS) is 14.4. The molecule has 0 amide bonds. The number of anilines is 1. The summed E-state index contributed by atoms with van der Waals surface area (Å²) in [6.07, 6.45) is 3.52. The van der Waals surface area contributed by atoms with Crippen LogP contribution in [0, 0.1) is 0 Å². The number of hydrogen-bond acceptors (Lipinski definition) is 6. The summed E-state index contributed by atoms with van der Waals surface area (Å²) in [7, 11) is 0. The Morgan fingerprint density at radius 1 is 1.17 bits per heavy atom. The van der Waals surface area contributed by atoms with Crippen LogP contribution in [0.15, 0.2) is 48.8 Å². The van der Waals surface area contributed by atoms with E-state index in [2.05, 4.69) is 25.9 Å². The third-order valence-electron chi connectivity index (χ3n) is 3.82. The Morgan fingerprint density at radius 3 is 2.70 bits per heavy atom. The molecule has 3 heterocycles. The highest BCUT2D eigenvalue weighted by Crippen LogP contribution is 2.29. The zero-order valence-electron chi connectivity index (χ0n) is 12.3. The molecular formula is C16H16N6O. The van der Waals surface area contributed by atoms with Gasteiger partial charge in [0.2, 0.25) is 0 Å². The molecule has 116 valence electrons. The summed E-state index contributed by atoms with van der Waals surface area (Å²) in [6, 6.07) is 11.3. The lowest BCUT2D eigenvalue weighted by molar-refractivity contribution is 0.470. The maximum atomic E-state index is 10.3. The van der Waals surface area contributed by atoms with Gasteiger partial charge in [0.1, 0.15) is 11.6 Å². The number of aromatic nitrogens is 4. The van der Waals surface area contributed by atoms with Gasteiger partial charge in [0.05, 0.1) is 17.4 Å². The Kier molecular flexibility index (Phi) is 3.39. The minimum Gasteiger partial charge on any atom is -0.507 e. The quantitative estimate of drug-likeness (QED) is 0.675. The maximum Gasteiger partial charge on any atom is 0.148 e. The second kappa shape index (κ2) is 5.69. The van der Waals surface area contributed by atoms with Crippen molar-refractivity contribution in [1.82, 2.24) is 25.3 Å². The molecule has 1 fully saturated rings. The summed E-state index contributed by atoms with van der Waals surface area (Å²) >= 11 is 0. The number of benzene rings is 1. The van der Waals surface area contributed by atoms with Gasteiger partial charge in [-0.2, -0.15) is 5.10 Å². The standard InChI is InChI=1S/C16H16N6O/c23-15-8-12(22-7-1-6-18-22)2-3-13(15)14-4-5-16(21-20-14)19-11-9-17-10-11/h1-8,11,17,23H,9-10H2,(H,19,21). The van der Waals surface area contributed by atoms with Gasteiger partial charge in [-0.1, -0.05) is 0 Å². The van der Waals surface area contributed by atoms with Crippen LogP contribution >= 0.6 is 0 Å². The van der Waals surface area contributed by atoms with Gasteiger partial charge in [-0.15, -0.1) is 10.2 Å². The van der Waals surface area contributed by atoms with E-state index in [1.807, 2.05) is 36.5 Å². The highest BCUT2D eigenvalue weighted by atomic mass is 16.3. The van der Waals surface area contributed by atoms with Gasteiger partial charge in [-0.25, -0.2) is 4.68 Å². The Morgan fingerprint density at radius 2 is 2.09 bits per heavy atom. The molecule has 0 saturated carbocycles. The van der Waals surface area contributed by atoms with Gasteiger partial charge in [-0.3, -0.25) is 0 Å². The van der Waals surface area contributed by atoms with Crippen molar-refractivity contribution in [2.24, 2.45) is 0 Å². The molecule has 3 aromatic rings. The zero-order chi connectivity index (χ0) is 15.6. The monoisotopic (exact) mass is 308 g/mol. The molecule has 0 spiro atoms. The summed E-state index contributed by atoms with van der Waals surface area (Å²) in [5, 5.41) is 29.3. The lowest BCUT2D eigenvalue weighted by atomic mass is 10.1. The molecular weight excluding hydrogens is 292 g/mol. The second-order valence-corrected chi connectivity index (χ2v) is 5.46. The van der Waals surface area contributed by atoms with E-state index in [1.165, 1.54) is 0 Å². The lowest BCUT2D eigenvalue weighted by Gasteiger charge is -2.28. The van der Waals surface area contributed by atoms with E-state index in [4.69, 9.17) is 0 Å². The summed E-state index contributed by atoms with van der Waals surface area (Å²) in [4.78, 5) is 0. The van der Waals surface area contributed by atoms with Crippen molar-refractivity contribution < 1.29 is 5.11 Å². The topological polar surface area (TPSA) is 87.9 Å². The van der Waals surface area contributed by atoms with Crippen molar-refractivity contribution in [3.8, 4) is 22.7 Å². The SMILES string of the molecule is Oc1cc(-n2cccn2)ccc1-c1ccc(NC2CNC2)nn1. The highest BCUT2D eigenvalue weighted by Gasteiger charge is 2.16. The third kappa shape index (κ3) is 2.74. The zero-order valence-corrected chi connectivity index (χ0v) is 12.3. The second-order valence-electron chi connectivity index (χ2n) is 5.46. The minimum absolute atomic E-state index is 0.149. The van der Waals surface area contributed by atoms with Crippen LogP contribution in [-0.2, 0) is 0 Å². The number of phenols is 1. The van der Waals surface area contributed by atoms with E-state index in [-0.39, 0.29) is 5.75 Å². The van der Waals surface area contributed by atoms with Crippen molar-refractivity contribution in [2.75, 3.05) is 18.4 Å². The highest BCUT2D eigenvalue weighted by molar-refractivity contribution is 5.68. The van der Waals surface area contributed by atoms with Crippen LogP contribution in [0.2, 0.25) is 0 Å². The van der Waals surface area contributed by atoms with E-state index in [0.717, 1.165) is 24.6 Å². The molecule has 0 radical (unpaired) electrons. The van der Waals surface area contributed by atoms with E-state index >= 15 is 0 Å². The van der Waals surface area contributed by atoms with Crippen LogP contribution in [0.3, 0.4) is 0 Å². The average molecular weight is 308 g/mol. The first-order valence-corrected chi connectivity index (χ1v) is 7.44. The van der Waals surface area contributed by atoms with E-state index in [9.17, 15) is 5.11 Å². The fourth-order valence-electron chi connectivity index (χ4n) is 2.45. The molecule has 7 heteroatoms. The van der Waals surface area contributed by atoms with E-state index < -0.39 is 0 Å². The fraction of sp³-hybridized carbons (Fsp3) is 0.188. The fourth-order valence-corrected chi connectivity index (χ4v) is 2.45. The summed E-state index contributed by atoms with van der Waals surface area (Å²) in [5.74, 6) is 0.893. The number of nitrogens with one attached hydrogen (secondary N) is 2. The molecule has 1 aliphatic heterocycles. The predicted octanol–water partition coefficient (Wildman–Crippen LogP) is 1.42. The molecule has 23 heavy (non-hydrogen) atoms. The van der Waals surface area contributed by atoms with Crippen LogP contribution in [-0.4, -0.2) is 44.2 Å². The number of aromatic hydroxyl groups is 1. The molecule has 1 aliphatic rings. The first-order valence-electron chi connectivity index (χ1n) is 7.44. The van der Waals surface area contributed by atoms with Gasteiger partial charge in [0.25, 0.3) is 0 Å². The third-order valence-corrected chi connectivity index (χ3v) is 3.82. The smallest absolute Gasteiger partial charge is 0.148 e. The molecule has 1 aromatic carbocycles. The summed E-state index contributed by atoms with van der Waals surface area (Å²) in [5.41, 5.74) is 2.07. The van der Waals surface area contributed by atoms with Crippen LogP contribution in [0.5, 0.6) is 5.75 Å². The summed E-state index contributed by atoms with van der Waals surface area (Å²) in [6.45, 7) is 1.89. The van der Waals surface area contributed by atoms with Gasteiger partial charge in [-0.05, 0) is 30.3 Å². The van der Waals surface area contributed by atoms with Crippen LogP contribution in [0.1, 0.15) is 0 Å². The molecule has 2 aromatic heterocycles. The number of phenolic OH excluding ortho intramolecular Hbond substituents is 1. The Labute approximate surface area is 133 Å². The molecule has 0 bridgehead atoms. The maximum absolute atomic E-state index is 10.3. The van der Waals surface area contributed by atoms with Crippen molar-refractivity contribution >= 4 is 5.82 Å². The Hall–Kier alpha value is -2.93. The largest absolute Gasteiger partial charge is 0.507 e. The van der Waals surface area contributed by atoms with Crippen LogP contribution in [0.25, 0.3) is 16.9 Å². The molecule has 4 rings (SSSR count). The molecule has 0 aliphatic carbocycles. The minimum atomic E-state index is 0.149. The Balaban J connectivity index is 1.57. The van der Waals surface area contributed by atoms with Crippen molar-refractivity contribution in [3.63, 3.8) is 0 Å². The molecule has 7 nitrogen and oxygen atoms in total. The van der Waals surface area contributed by atoms with Gasteiger partial charge < -0.3 is 15.7 Å². The predicted molar refractivity (Wildman–Crippen MR) is 86.5 cm³/mol. The van der Waals surface area contributed by atoms with E-state index in [1.54, 1.807) is 16.9 Å². The lowest BCUT2D eigenvalue weighted by Crippen LogP contribution is -2.51. The first-order chi connectivity index (χ1) is 11.3. The molecule has 1 saturated heterocycles. The van der Waals surface area contributed by atoms with Gasteiger partial charge in [0.15, 0.2) is 0 Å². The first kappa shape index (κ1) is 13.7. The molecule has 0 atom stereocenters. The molecule has 3 N–H and O–H groups in total. The van der Waals surface area contributed by atoms with Gasteiger partial charge >= 0.3 is 0 Å². The number of hydrogen-bond donors (Lipinski definition) is 3. The van der Waals surface area contributed by atoms with Crippen molar-refractivity contribution in [2.45, 2.75) is 6.04 Å². The summed E-state index contributed by atoms with van der Waals surface area (Å²) < 4.78 is 1.69. The number of nitrogens with zero attached hydrogens (tertiary/aromatic N) is 4. The van der Waals surface area contributed by atoms with Crippen LogP contribution < -0.4 is 10.6 Å². The average Bonchev–Trinajstić information content (AvgIpc) is 3.06. The van der Waals surface area contributed by atoms with Gasteiger partial charge in [0, 0.05) is 37.1 Å². The molecule has 0 unspecified atom stereocenters. The van der Waals surface area contributed by atoms with Crippen molar-refractivity contribution in [3.05, 3.63) is 48.8 Å². The number of rotatable bonds is 4. The van der Waals surface area contributed by atoms with E-state index in [0.29, 0.717) is 17.3 Å². The Bertz CT molecular complexity index is 796.